The zero-order chi connectivity index (χ0) is 18.3. The van der Waals surface area contributed by atoms with E-state index in [4.69, 9.17) is 4.74 Å². The molecule has 0 aliphatic heterocycles. The summed E-state index contributed by atoms with van der Waals surface area (Å²) in [6, 6.07) is 8.97. The molecule has 0 amide bonds. The zero-order valence-electron chi connectivity index (χ0n) is 15.6. The van der Waals surface area contributed by atoms with Gasteiger partial charge in [0, 0.05) is 0 Å². The van der Waals surface area contributed by atoms with Crippen LogP contribution in [0.25, 0.3) is 10.8 Å². The lowest BCUT2D eigenvalue weighted by atomic mass is 9.64. The number of rotatable bonds is 2. The predicted molar refractivity (Wildman–Crippen MR) is 102 cm³/mol. The van der Waals surface area contributed by atoms with Gasteiger partial charge in [-0.05, 0) is 96.4 Å². The van der Waals surface area contributed by atoms with E-state index in [1.807, 2.05) is 12.1 Å². The first-order chi connectivity index (χ1) is 12.5. The number of carbonyl (C=O) groups is 1. The molecule has 0 spiro atoms. The monoisotopic (exact) mass is 354 g/mol. The minimum Gasteiger partial charge on any atom is -0.465 e. The molecule has 0 radical (unpaired) electrons. The Morgan fingerprint density at radius 1 is 1.00 bits per heavy atom. The van der Waals surface area contributed by atoms with Gasteiger partial charge >= 0.3 is 5.97 Å². The van der Waals surface area contributed by atoms with Crippen molar-refractivity contribution < 1.29 is 13.9 Å². The number of ether oxygens (including phenoxy) is 1. The first kappa shape index (κ1) is 17.5. The van der Waals surface area contributed by atoms with E-state index < -0.39 is 0 Å². The average molecular weight is 354 g/mol. The molecular weight excluding hydrogens is 327 g/mol. The second-order valence-corrected chi connectivity index (χ2v) is 8.38. The molecular formula is C23H27FO2. The highest BCUT2D eigenvalue weighted by Crippen LogP contribution is 2.48. The molecule has 0 bridgehead atoms. The second-order valence-electron chi connectivity index (χ2n) is 8.38. The van der Waals surface area contributed by atoms with E-state index in [1.54, 1.807) is 18.2 Å². The van der Waals surface area contributed by atoms with Crippen molar-refractivity contribution in [1.29, 1.82) is 0 Å². The van der Waals surface area contributed by atoms with Crippen molar-refractivity contribution in [1.82, 2.24) is 0 Å². The Hall–Kier alpha value is -1.90. The van der Waals surface area contributed by atoms with E-state index in [1.165, 1.54) is 32.8 Å². The van der Waals surface area contributed by atoms with Gasteiger partial charge in [0.15, 0.2) is 0 Å². The maximum absolute atomic E-state index is 14.9. The van der Waals surface area contributed by atoms with Gasteiger partial charge in [-0.1, -0.05) is 19.4 Å². The lowest BCUT2D eigenvalue weighted by molar-refractivity contribution is 0.0601. The molecule has 26 heavy (non-hydrogen) atoms. The number of hydrogen-bond acceptors (Lipinski definition) is 2. The topological polar surface area (TPSA) is 26.3 Å². The molecule has 138 valence electrons. The van der Waals surface area contributed by atoms with E-state index in [9.17, 15) is 9.18 Å². The van der Waals surface area contributed by atoms with Crippen molar-refractivity contribution in [2.45, 2.75) is 51.4 Å². The smallest absolute Gasteiger partial charge is 0.337 e. The fraction of sp³-hybridized carbons (Fsp3) is 0.522. The molecule has 2 aliphatic carbocycles. The lowest BCUT2D eigenvalue weighted by Gasteiger charge is -2.41. The highest BCUT2D eigenvalue weighted by molar-refractivity contribution is 5.95. The van der Waals surface area contributed by atoms with Crippen LogP contribution in [0.4, 0.5) is 4.39 Å². The van der Waals surface area contributed by atoms with Crippen molar-refractivity contribution in [2.24, 2.45) is 17.8 Å². The molecule has 0 aromatic heterocycles. The van der Waals surface area contributed by atoms with Crippen LogP contribution in [-0.4, -0.2) is 13.1 Å². The van der Waals surface area contributed by atoms with Gasteiger partial charge in [0.05, 0.1) is 12.7 Å². The van der Waals surface area contributed by atoms with Gasteiger partial charge in [-0.2, -0.15) is 0 Å². The van der Waals surface area contributed by atoms with Crippen LogP contribution in [-0.2, 0) is 4.74 Å². The van der Waals surface area contributed by atoms with Gasteiger partial charge < -0.3 is 4.74 Å². The second kappa shape index (κ2) is 7.02. The van der Waals surface area contributed by atoms with Crippen molar-refractivity contribution in [2.75, 3.05) is 7.11 Å². The standard InChI is InChI=1S/C23H27FO2/c1-14-3-4-16-10-18(7-5-15(16)9-14)21-12-17-6-8-19(23(25)26-2)11-20(17)13-22(21)24/h6,8,11-16,18H,3-5,7,9-10H2,1-2H3. The SMILES string of the molecule is COC(=O)c1ccc2cc(C3CCC4CC(C)CCC4C3)c(F)cc2c1. The van der Waals surface area contributed by atoms with Crippen molar-refractivity contribution in [3.05, 3.63) is 47.3 Å². The number of benzene rings is 2. The summed E-state index contributed by atoms with van der Waals surface area (Å²) >= 11 is 0. The Bertz CT molecular complexity index is 828. The Morgan fingerprint density at radius 3 is 2.58 bits per heavy atom. The molecule has 2 aliphatic rings. The van der Waals surface area contributed by atoms with Gasteiger partial charge in [-0.3, -0.25) is 0 Å². The average Bonchev–Trinajstić information content (AvgIpc) is 2.66. The lowest BCUT2D eigenvalue weighted by Crippen LogP contribution is -2.29. The summed E-state index contributed by atoms with van der Waals surface area (Å²) in [5.74, 6) is 2.28. The maximum Gasteiger partial charge on any atom is 0.337 e. The van der Waals surface area contributed by atoms with Crippen LogP contribution in [0.5, 0.6) is 0 Å². The molecule has 3 heteroatoms. The molecule has 2 saturated carbocycles. The number of halogens is 1. The Morgan fingerprint density at radius 2 is 1.77 bits per heavy atom. The minimum absolute atomic E-state index is 0.132. The summed E-state index contributed by atoms with van der Waals surface area (Å²) in [5, 5.41) is 1.75. The fourth-order valence-corrected chi connectivity index (χ4v) is 5.25. The fourth-order valence-electron chi connectivity index (χ4n) is 5.25. The van der Waals surface area contributed by atoms with Gasteiger partial charge in [0.25, 0.3) is 0 Å². The van der Waals surface area contributed by atoms with E-state index in [0.717, 1.165) is 46.9 Å². The van der Waals surface area contributed by atoms with Crippen LogP contribution in [0.3, 0.4) is 0 Å². The van der Waals surface area contributed by atoms with Crippen LogP contribution in [0.15, 0.2) is 30.3 Å². The normalized spacial score (nSPS) is 28.6. The molecule has 4 rings (SSSR count). The van der Waals surface area contributed by atoms with Gasteiger partial charge in [0.1, 0.15) is 5.82 Å². The first-order valence-corrected chi connectivity index (χ1v) is 9.86. The number of methoxy groups -OCH3 is 1. The Balaban J connectivity index is 1.60. The Kier molecular flexibility index (Phi) is 4.73. The summed E-state index contributed by atoms with van der Waals surface area (Å²) in [4.78, 5) is 11.7. The predicted octanol–water partition coefficient (Wildman–Crippen LogP) is 6.09. The zero-order valence-corrected chi connectivity index (χ0v) is 15.6. The molecule has 0 saturated heterocycles. The summed E-state index contributed by atoms with van der Waals surface area (Å²) in [5.41, 5.74) is 1.32. The largest absolute Gasteiger partial charge is 0.465 e. The van der Waals surface area contributed by atoms with Gasteiger partial charge in [0.2, 0.25) is 0 Å². The summed E-state index contributed by atoms with van der Waals surface area (Å²) in [6.07, 6.45) is 7.44. The molecule has 4 atom stereocenters. The van der Waals surface area contributed by atoms with E-state index >= 15 is 0 Å². The molecule has 2 nitrogen and oxygen atoms in total. The van der Waals surface area contributed by atoms with Crippen LogP contribution in [0, 0.1) is 23.6 Å². The molecule has 2 aromatic rings. The third kappa shape index (κ3) is 3.24. The number of fused-ring (bicyclic) bond motifs is 2. The molecule has 0 N–H and O–H groups in total. The summed E-state index contributed by atoms with van der Waals surface area (Å²) < 4.78 is 19.6. The Labute approximate surface area is 154 Å². The molecule has 2 aromatic carbocycles. The minimum atomic E-state index is -0.388. The number of hydrogen-bond donors (Lipinski definition) is 0. The van der Waals surface area contributed by atoms with Crippen molar-refractivity contribution in [3.8, 4) is 0 Å². The number of esters is 1. The summed E-state index contributed by atoms with van der Waals surface area (Å²) in [6.45, 7) is 2.37. The number of carbonyl (C=O) groups excluding carboxylic acids is 1. The van der Waals surface area contributed by atoms with Crippen molar-refractivity contribution >= 4 is 16.7 Å². The molecule has 2 fully saturated rings. The molecule has 0 heterocycles. The van der Waals surface area contributed by atoms with Gasteiger partial charge in [-0.15, -0.1) is 0 Å². The third-order valence-corrected chi connectivity index (χ3v) is 6.69. The van der Waals surface area contributed by atoms with Crippen LogP contribution in [0.1, 0.15) is 67.3 Å². The third-order valence-electron chi connectivity index (χ3n) is 6.69. The maximum atomic E-state index is 14.9. The first-order valence-electron chi connectivity index (χ1n) is 9.86. The van der Waals surface area contributed by atoms with Crippen molar-refractivity contribution in [3.63, 3.8) is 0 Å². The highest BCUT2D eigenvalue weighted by atomic mass is 19.1. The van der Waals surface area contributed by atoms with E-state index in [-0.39, 0.29) is 11.8 Å². The van der Waals surface area contributed by atoms with Crippen LogP contribution < -0.4 is 0 Å². The van der Waals surface area contributed by atoms with Crippen LogP contribution in [0.2, 0.25) is 0 Å². The molecule has 4 unspecified atom stereocenters. The van der Waals surface area contributed by atoms with Crippen LogP contribution >= 0.6 is 0 Å². The summed E-state index contributed by atoms with van der Waals surface area (Å²) in [7, 11) is 1.36. The quantitative estimate of drug-likeness (QED) is 0.610. The van der Waals surface area contributed by atoms with Gasteiger partial charge in [-0.25, -0.2) is 9.18 Å². The van der Waals surface area contributed by atoms with E-state index in [2.05, 4.69) is 6.92 Å². The highest BCUT2D eigenvalue weighted by Gasteiger charge is 2.35. The van der Waals surface area contributed by atoms with E-state index in [0.29, 0.717) is 11.5 Å².